The van der Waals surface area contributed by atoms with Gasteiger partial charge in [-0.05, 0) is 93.1 Å². The number of likely N-dealkylation sites (tertiary alicyclic amines) is 1. The lowest BCUT2D eigenvalue weighted by atomic mass is 9.90. The zero-order chi connectivity index (χ0) is 23.8. The molecule has 0 unspecified atom stereocenters. The molecular weight excluding hydrogens is 420 g/mol. The third-order valence-corrected chi connectivity index (χ3v) is 6.42. The number of rotatable bonds is 9. The van der Waals surface area contributed by atoms with Crippen molar-refractivity contribution in [3.63, 3.8) is 0 Å². The van der Waals surface area contributed by atoms with Gasteiger partial charge in [-0.3, -0.25) is 9.69 Å². The van der Waals surface area contributed by atoms with E-state index in [4.69, 9.17) is 4.74 Å². The second-order valence-corrected chi connectivity index (χ2v) is 9.60. The number of nitrogens with one attached hydrogen (secondary N) is 1. The molecule has 1 aliphatic heterocycles. The van der Waals surface area contributed by atoms with Crippen molar-refractivity contribution in [3.8, 4) is 5.75 Å². The molecular formula is C30H36N2O2. The fraction of sp³-hybridized carbons (Fsp3) is 0.367. The number of benzene rings is 3. The van der Waals surface area contributed by atoms with Crippen LogP contribution in [-0.2, 0) is 19.5 Å². The number of hydrogen-bond acceptors (Lipinski definition) is 3. The molecule has 4 nitrogen and oxygen atoms in total. The Morgan fingerprint density at radius 2 is 1.62 bits per heavy atom. The van der Waals surface area contributed by atoms with Crippen LogP contribution < -0.4 is 10.1 Å². The second-order valence-electron chi connectivity index (χ2n) is 9.60. The summed E-state index contributed by atoms with van der Waals surface area (Å²) in [5.74, 6) is 1.56. The maximum Gasteiger partial charge on any atom is 0.251 e. The highest BCUT2D eigenvalue weighted by Crippen LogP contribution is 2.23. The van der Waals surface area contributed by atoms with E-state index in [1.807, 2.05) is 50.2 Å². The third kappa shape index (κ3) is 7.19. The minimum absolute atomic E-state index is 0.0524. The minimum atomic E-state index is -0.0524. The first-order valence-corrected chi connectivity index (χ1v) is 12.4. The monoisotopic (exact) mass is 456 g/mol. The molecule has 1 aliphatic rings. The molecule has 1 heterocycles. The third-order valence-electron chi connectivity index (χ3n) is 6.42. The van der Waals surface area contributed by atoms with Gasteiger partial charge in [-0.15, -0.1) is 0 Å². The van der Waals surface area contributed by atoms with E-state index in [9.17, 15) is 4.79 Å². The van der Waals surface area contributed by atoms with E-state index in [2.05, 4.69) is 52.7 Å². The van der Waals surface area contributed by atoms with Gasteiger partial charge >= 0.3 is 0 Å². The van der Waals surface area contributed by atoms with Gasteiger partial charge in [0.1, 0.15) is 5.75 Å². The van der Waals surface area contributed by atoms with Gasteiger partial charge in [0.15, 0.2) is 0 Å². The standard InChI is InChI=1S/C30H36N2O2/c1-23(2)34-29-10-6-9-27(20-29)21-31-30(33)28-13-11-26(12-14-28)22-32-17-15-25(16-18-32)19-24-7-4-3-5-8-24/h3-14,20,23,25H,15-19,21-22H2,1-2H3,(H,31,33). The molecule has 0 spiro atoms. The fourth-order valence-corrected chi connectivity index (χ4v) is 4.60. The summed E-state index contributed by atoms with van der Waals surface area (Å²) in [5, 5.41) is 3.02. The Morgan fingerprint density at radius 3 is 2.32 bits per heavy atom. The molecule has 34 heavy (non-hydrogen) atoms. The molecule has 4 heteroatoms. The molecule has 4 rings (SSSR count). The minimum Gasteiger partial charge on any atom is -0.491 e. The summed E-state index contributed by atoms with van der Waals surface area (Å²) in [6.07, 6.45) is 3.81. The van der Waals surface area contributed by atoms with E-state index >= 15 is 0 Å². The highest BCUT2D eigenvalue weighted by atomic mass is 16.5. The van der Waals surface area contributed by atoms with Gasteiger partial charge in [0.05, 0.1) is 6.10 Å². The lowest BCUT2D eigenvalue weighted by Gasteiger charge is -2.32. The highest BCUT2D eigenvalue weighted by Gasteiger charge is 2.19. The van der Waals surface area contributed by atoms with Crippen molar-refractivity contribution in [2.24, 2.45) is 5.92 Å². The summed E-state index contributed by atoms with van der Waals surface area (Å²) in [4.78, 5) is 15.1. The van der Waals surface area contributed by atoms with Crippen molar-refractivity contribution in [1.82, 2.24) is 10.2 Å². The van der Waals surface area contributed by atoms with Crippen molar-refractivity contribution in [1.29, 1.82) is 0 Å². The molecule has 1 amide bonds. The summed E-state index contributed by atoms with van der Waals surface area (Å²) < 4.78 is 5.74. The first kappa shape index (κ1) is 24.0. The number of carbonyl (C=O) groups excluding carboxylic acids is 1. The van der Waals surface area contributed by atoms with Crippen molar-refractivity contribution in [2.75, 3.05) is 13.1 Å². The van der Waals surface area contributed by atoms with E-state index in [0.29, 0.717) is 12.1 Å². The molecule has 3 aromatic rings. The Balaban J connectivity index is 1.22. The van der Waals surface area contributed by atoms with Crippen molar-refractivity contribution in [3.05, 3.63) is 101 Å². The van der Waals surface area contributed by atoms with Crippen molar-refractivity contribution >= 4 is 5.91 Å². The first-order valence-electron chi connectivity index (χ1n) is 12.4. The van der Waals surface area contributed by atoms with E-state index in [-0.39, 0.29) is 12.0 Å². The SMILES string of the molecule is CC(C)Oc1cccc(CNC(=O)c2ccc(CN3CCC(Cc4ccccc4)CC3)cc2)c1. The number of amides is 1. The number of carbonyl (C=O) groups is 1. The summed E-state index contributed by atoms with van der Waals surface area (Å²) in [6.45, 7) is 7.72. The number of hydrogen-bond donors (Lipinski definition) is 1. The van der Waals surface area contributed by atoms with E-state index < -0.39 is 0 Å². The molecule has 1 fully saturated rings. The molecule has 0 atom stereocenters. The summed E-state index contributed by atoms with van der Waals surface area (Å²) >= 11 is 0. The van der Waals surface area contributed by atoms with Crippen LogP contribution in [0.15, 0.2) is 78.9 Å². The number of piperidine rings is 1. The lowest BCUT2D eigenvalue weighted by molar-refractivity contribution is 0.0950. The Hall–Kier alpha value is -3.11. The predicted octanol–water partition coefficient (Wildman–Crippen LogP) is 5.86. The zero-order valence-electron chi connectivity index (χ0n) is 20.4. The van der Waals surface area contributed by atoms with Crippen molar-refractivity contribution < 1.29 is 9.53 Å². The van der Waals surface area contributed by atoms with Crippen LogP contribution in [0.4, 0.5) is 0 Å². The largest absolute Gasteiger partial charge is 0.491 e. The van der Waals surface area contributed by atoms with Crippen LogP contribution in [-0.4, -0.2) is 30.0 Å². The van der Waals surface area contributed by atoms with Crippen molar-refractivity contribution in [2.45, 2.75) is 52.3 Å². The van der Waals surface area contributed by atoms with Gasteiger partial charge in [-0.1, -0.05) is 54.6 Å². The average Bonchev–Trinajstić information content (AvgIpc) is 2.85. The van der Waals surface area contributed by atoms with Gasteiger partial charge < -0.3 is 10.1 Å². The summed E-state index contributed by atoms with van der Waals surface area (Å²) in [6, 6.07) is 26.7. The van der Waals surface area contributed by atoms with Gasteiger partial charge in [0.2, 0.25) is 0 Å². The van der Waals surface area contributed by atoms with Gasteiger partial charge in [0.25, 0.3) is 5.91 Å². The molecule has 0 radical (unpaired) electrons. The lowest BCUT2D eigenvalue weighted by Crippen LogP contribution is -2.33. The maximum atomic E-state index is 12.6. The van der Waals surface area contributed by atoms with E-state index in [1.54, 1.807) is 0 Å². The Kier molecular flexibility index (Phi) is 8.37. The molecule has 0 saturated carbocycles. The fourth-order valence-electron chi connectivity index (χ4n) is 4.60. The normalized spacial score (nSPS) is 14.8. The average molecular weight is 457 g/mol. The van der Waals surface area contributed by atoms with E-state index in [1.165, 1.54) is 30.4 Å². The smallest absolute Gasteiger partial charge is 0.251 e. The van der Waals surface area contributed by atoms with Crippen LogP contribution in [0, 0.1) is 5.92 Å². The maximum absolute atomic E-state index is 12.6. The van der Waals surface area contributed by atoms with Crippen LogP contribution in [0.25, 0.3) is 0 Å². The Labute approximate surface area is 204 Å². The second kappa shape index (κ2) is 11.8. The molecule has 0 aromatic heterocycles. The molecule has 3 aromatic carbocycles. The van der Waals surface area contributed by atoms with Crippen LogP contribution in [0.3, 0.4) is 0 Å². The zero-order valence-corrected chi connectivity index (χ0v) is 20.4. The van der Waals surface area contributed by atoms with Crippen LogP contribution in [0.5, 0.6) is 5.75 Å². The van der Waals surface area contributed by atoms with Crippen LogP contribution >= 0.6 is 0 Å². The molecule has 1 saturated heterocycles. The van der Waals surface area contributed by atoms with E-state index in [0.717, 1.165) is 36.9 Å². The molecule has 1 N–H and O–H groups in total. The predicted molar refractivity (Wildman–Crippen MR) is 138 cm³/mol. The van der Waals surface area contributed by atoms with Gasteiger partial charge in [-0.2, -0.15) is 0 Å². The topological polar surface area (TPSA) is 41.6 Å². The Bertz CT molecular complexity index is 1040. The highest BCUT2D eigenvalue weighted by molar-refractivity contribution is 5.94. The molecule has 0 bridgehead atoms. The van der Waals surface area contributed by atoms with Crippen LogP contribution in [0.1, 0.15) is 53.7 Å². The van der Waals surface area contributed by atoms with Gasteiger partial charge in [-0.25, -0.2) is 0 Å². The number of ether oxygens (including phenoxy) is 1. The molecule has 0 aliphatic carbocycles. The summed E-state index contributed by atoms with van der Waals surface area (Å²) in [5.41, 5.74) is 4.43. The quantitative estimate of drug-likeness (QED) is 0.439. The van der Waals surface area contributed by atoms with Crippen LogP contribution in [0.2, 0.25) is 0 Å². The Morgan fingerprint density at radius 1 is 0.912 bits per heavy atom. The molecule has 178 valence electrons. The first-order chi connectivity index (χ1) is 16.5. The summed E-state index contributed by atoms with van der Waals surface area (Å²) in [7, 11) is 0. The van der Waals surface area contributed by atoms with Gasteiger partial charge in [0, 0.05) is 18.7 Å². The number of nitrogens with zero attached hydrogens (tertiary/aromatic N) is 1.